The smallest absolute Gasteiger partial charge is 0.412 e. The van der Waals surface area contributed by atoms with Crippen molar-refractivity contribution < 1.29 is 24.2 Å². The lowest BCUT2D eigenvalue weighted by Gasteiger charge is -2.05. The van der Waals surface area contributed by atoms with E-state index in [-0.39, 0.29) is 11.0 Å². The predicted octanol–water partition coefficient (Wildman–Crippen LogP) is -0.0121. The summed E-state index contributed by atoms with van der Waals surface area (Å²) in [6.07, 6.45) is 1.75. The summed E-state index contributed by atoms with van der Waals surface area (Å²) in [5.74, 6) is 0. The van der Waals surface area contributed by atoms with Gasteiger partial charge in [0.1, 0.15) is 0 Å². The second-order valence-corrected chi connectivity index (χ2v) is 3.40. The largest absolute Gasteiger partial charge is 0.483 e. The number of hydrogen-bond acceptors (Lipinski definition) is 3. The molecule has 5 nitrogen and oxygen atoms in total. The third kappa shape index (κ3) is 41.9. The van der Waals surface area contributed by atoms with Crippen molar-refractivity contribution in [1.29, 1.82) is 0 Å². The molecule has 0 rings (SSSR count). The Balaban J connectivity index is -0.0000000337. The second kappa shape index (κ2) is 39.1. The van der Waals surface area contributed by atoms with Gasteiger partial charge < -0.3 is 24.2 Å². The van der Waals surface area contributed by atoms with Crippen LogP contribution >= 0.6 is 0 Å². The summed E-state index contributed by atoms with van der Waals surface area (Å²) in [6.45, 7) is 11.2. The molecule has 0 aromatic rings. The molecule has 6 heteroatoms. The van der Waals surface area contributed by atoms with Crippen LogP contribution in [0.5, 0.6) is 0 Å². The first-order chi connectivity index (χ1) is 5.76. The lowest BCUT2D eigenvalue weighted by atomic mass is 10.8. The maximum Gasteiger partial charge on any atom is 0.483 e. The zero-order chi connectivity index (χ0) is 10.4. The molecule has 0 aliphatic heterocycles. The first kappa shape index (κ1) is 29.2. The van der Waals surface area contributed by atoms with Crippen LogP contribution in [0.15, 0.2) is 25.8 Å². The Kier molecular flexibility index (Phi) is 81.6. The van der Waals surface area contributed by atoms with Gasteiger partial charge in [-0.05, 0) is 6.92 Å². The molecule has 90 valence electrons. The minimum atomic E-state index is -1.67. The molecule has 14 heavy (non-hydrogen) atoms. The topological polar surface area (TPSA) is 90.7 Å². The summed E-state index contributed by atoms with van der Waals surface area (Å²) in [5, 5.41) is 0. The summed E-state index contributed by atoms with van der Waals surface area (Å²) in [7, 11) is 3.05. The van der Waals surface area contributed by atoms with Crippen molar-refractivity contribution in [3.8, 4) is 0 Å². The Bertz CT molecular complexity index is 72.6. The molecule has 0 saturated carbocycles. The maximum atomic E-state index is 4.74. The Morgan fingerprint density at radius 2 is 1.07 bits per heavy atom. The SMILES string of the molecule is C=C.C=CC.CO[SiH](OC)OC.O.O. The van der Waals surface area contributed by atoms with Gasteiger partial charge in [0.25, 0.3) is 0 Å². The van der Waals surface area contributed by atoms with E-state index < -0.39 is 9.53 Å². The van der Waals surface area contributed by atoms with Gasteiger partial charge in [0.05, 0.1) is 0 Å². The summed E-state index contributed by atoms with van der Waals surface area (Å²) in [5.41, 5.74) is 0. The normalized spacial score (nSPS) is 6.36. The Morgan fingerprint density at radius 3 is 1.07 bits per heavy atom. The van der Waals surface area contributed by atoms with Crippen LogP contribution in [0.1, 0.15) is 6.92 Å². The van der Waals surface area contributed by atoms with Crippen LogP contribution < -0.4 is 0 Å². The van der Waals surface area contributed by atoms with Crippen molar-refractivity contribution in [2.45, 2.75) is 6.92 Å². The molecule has 0 bridgehead atoms. The molecule has 0 saturated heterocycles. The Labute approximate surface area is 88.6 Å². The van der Waals surface area contributed by atoms with Gasteiger partial charge in [-0.1, -0.05) is 6.08 Å². The van der Waals surface area contributed by atoms with Gasteiger partial charge in [-0.25, -0.2) is 0 Å². The van der Waals surface area contributed by atoms with Crippen LogP contribution in [0.4, 0.5) is 0 Å². The lowest BCUT2D eigenvalue weighted by molar-refractivity contribution is 0.163. The highest BCUT2D eigenvalue weighted by molar-refractivity contribution is 6.36. The van der Waals surface area contributed by atoms with Crippen LogP contribution in [0.3, 0.4) is 0 Å². The molecule has 0 amide bonds. The fourth-order valence-electron chi connectivity index (χ4n) is 0.289. The van der Waals surface area contributed by atoms with E-state index in [4.69, 9.17) is 13.3 Å². The first-order valence-corrected chi connectivity index (χ1v) is 4.83. The molecule has 0 fully saturated rings. The molecule has 0 radical (unpaired) electrons. The van der Waals surface area contributed by atoms with Gasteiger partial charge in [-0.2, -0.15) is 0 Å². The van der Waals surface area contributed by atoms with Crippen molar-refractivity contribution in [2.75, 3.05) is 21.3 Å². The molecule has 0 atom stereocenters. The molecule has 4 N–H and O–H groups in total. The minimum absolute atomic E-state index is 0. The van der Waals surface area contributed by atoms with Crippen LogP contribution in [0.25, 0.3) is 0 Å². The first-order valence-electron chi connectivity index (χ1n) is 3.42. The number of hydrogen-bond donors (Lipinski definition) is 0. The monoisotopic (exact) mass is 228 g/mol. The van der Waals surface area contributed by atoms with E-state index in [0.29, 0.717) is 0 Å². The van der Waals surface area contributed by atoms with Crippen LogP contribution in [0.2, 0.25) is 0 Å². The minimum Gasteiger partial charge on any atom is -0.412 e. The summed E-state index contributed by atoms with van der Waals surface area (Å²) >= 11 is 0. The van der Waals surface area contributed by atoms with E-state index in [1.54, 1.807) is 27.4 Å². The zero-order valence-corrected chi connectivity index (χ0v) is 10.7. The fraction of sp³-hybridized carbons (Fsp3) is 0.500. The Morgan fingerprint density at radius 1 is 0.929 bits per heavy atom. The van der Waals surface area contributed by atoms with Crippen molar-refractivity contribution in [3.63, 3.8) is 0 Å². The highest BCUT2D eigenvalue weighted by Crippen LogP contribution is 1.81. The van der Waals surface area contributed by atoms with Crippen LogP contribution in [0, 0.1) is 0 Å². The van der Waals surface area contributed by atoms with E-state index in [0.717, 1.165) is 0 Å². The van der Waals surface area contributed by atoms with Gasteiger partial charge in [0.2, 0.25) is 0 Å². The lowest BCUT2D eigenvalue weighted by Crippen LogP contribution is -2.21. The van der Waals surface area contributed by atoms with Crippen LogP contribution in [-0.2, 0) is 13.3 Å². The zero-order valence-electron chi connectivity index (χ0n) is 9.50. The highest BCUT2D eigenvalue weighted by atomic mass is 28.3. The van der Waals surface area contributed by atoms with Gasteiger partial charge in [0.15, 0.2) is 0 Å². The third-order valence-electron chi connectivity index (χ3n) is 0.577. The number of rotatable bonds is 3. The molecule has 0 aliphatic rings. The van der Waals surface area contributed by atoms with Crippen molar-refractivity contribution in [1.82, 2.24) is 0 Å². The van der Waals surface area contributed by atoms with Gasteiger partial charge in [-0.3, -0.25) is 0 Å². The quantitative estimate of drug-likeness (QED) is 0.502. The molecule has 0 aromatic carbocycles. The Hall–Kier alpha value is -0.503. The van der Waals surface area contributed by atoms with Gasteiger partial charge in [0, 0.05) is 21.3 Å². The standard InChI is InChI=1S/C3H10O3Si.C3H6.C2H4.2H2O/c1-4-7(5-2)6-3;1-3-2;1-2;;/h7H,1-3H3;3H,1H2,2H3;1-2H2;2*1H2. The van der Waals surface area contributed by atoms with Gasteiger partial charge in [-0.15, -0.1) is 19.7 Å². The van der Waals surface area contributed by atoms with Crippen molar-refractivity contribution in [3.05, 3.63) is 25.8 Å². The third-order valence-corrected chi connectivity index (χ3v) is 1.73. The summed E-state index contributed by atoms with van der Waals surface area (Å²) < 4.78 is 14.2. The molecule has 0 aromatic heterocycles. The number of allylic oxidation sites excluding steroid dienone is 1. The van der Waals surface area contributed by atoms with Gasteiger partial charge >= 0.3 is 9.53 Å². The van der Waals surface area contributed by atoms with Crippen molar-refractivity contribution in [2.24, 2.45) is 0 Å². The molecule has 0 spiro atoms. The second-order valence-electron chi connectivity index (χ2n) is 1.40. The van der Waals surface area contributed by atoms with Crippen molar-refractivity contribution >= 4 is 9.53 Å². The van der Waals surface area contributed by atoms with E-state index >= 15 is 0 Å². The molecular weight excluding hydrogens is 204 g/mol. The van der Waals surface area contributed by atoms with Crippen LogP contribution in [-0.4, -0.2) is 41.8 Å². The fourth-order valence-corrected chi connectivity index (χ4v) is 0.866. The van der Waals surface area contributed by atoms with E-state index in [1.807, 2.05) is 6.92 Å². The predicted molar refractivity (Wildman–Crippen MR) is 62.5 cm³/mol. The molecule has 0 heterocycles. The molecule has 0 aliphatic carbocycles. The van der Waals surface area contributed by atoms with E-state index in [9.17, 15) is 0 Å². The maximum absolute atomic E-state index is 4.74. The van der Waals surface area contributed by atoms with E-state index in [2.05, 4.69) is 19.7 Å². The molecular formula is C8H24O5Si. The average Bonchev–Trinajstić information content (AvgIpc) is 2.12. The highest BCUT2D eigenvalue weighted by Gasteiger charge is 2.04. The summed E-state index contributed by atoms with van der Waals surface area (Å²) in [4.78, 5) is 0. The average molecular weight is 228 g/mol. The molecule has 0 unspecified atom stereocenters. The summed E-state index contributed by atoms with van der Waals surface area (Å²) in [6, 6.07) is 0. The van der Waals surface area contributed by atoms with E-state index in [1.165, 1.54) is 0 Å².